The van der Waals surface area contributed by atoms with E-state index in [1.165, 1.54) is 0 Å². The average Bonchev–Trinajstić information content (AvgIpc) is 2.71. The molecule has 2 aliphatic rings. The number of rotatable bonds is 4. The van der Waals surface area contributed by atoms with Crippen LogP contribution in [0.4, 0.5) is 0 Å². The van der Waals surface area contributed by atoms with Crippen LogP contribution < -0.4 is 5.32 Å². The SMILES string of the molecule is CCC1(CC)CC(NC2CCN(C)C2=O)CCO1. The summed E-state index contributed by atoms with van der Waals surface area (Å²) < 4.78 is 5.97. The van der Waals surface area contributed by atoms with Crippen molar-refractivity contribution < 1.29 is 9.53 Å². The molecule has 0 aromatic heterocycles. The lowest BCUT2D eigenvalue weighted by molar-refractivity contribution is -0.129. The predicted molar refractivity (Wildman–Crippen MR) is 71.5 cm³/mol. The molecule has 4 heteroatoms. The van der Waals surface area contributed by atoms with Crippen molar-refractivity contribution >= 4 is 5.91 Å². The van der Waals surface area contributed by atoms with E-state index in [1.807, 2.05) is 11.9 Å². The van der Waals surface area contributed by atoms with Gasteiger partial charge in [0.05, 0.1) is 11.6 Å². The van der Waals surface area contributed by atoms with Crippen molar-refractivity contribution in [2.45, 2.75) is 63.6 Å². The van der Waals surface area contributed by atoms with Gasteiger partial charge in [-0.25, -0.2) is 0 Å². The van der Waals surface area contributed by atoms with Gasteiger partial charge in [-0.1, -0.05) is 13.8 Å². The van der Waals surface area contributed by atoms with E-state index in [4.69, 9.17) is 4.74 Å². The molecular formula is C14H26N2O2. The Morgan fingerprint density at radius 2 is 2.11 bits per heavy atom. The number of nitrogens with zero attached hydrogens (tertiary/aromatic N) is 1. The van der Waals surface area contributed by atoms with E-state index < -0.39 is 0 Å². The quantitative estimate of drug-likeness (QED) is 0.827. The fourth-order valence-corrected chi connectivity index (χ4v) is 3.17. The van der Waals surface area contributed by atoms with Crippen molar-refractivity contribution in [2.24, 2.45) is 0 Å². The lowest BCUT2D eigenvalue weighted by Gasteiger charge is -2.41. The van der Waals surface area contributed by atoms with Gasteiger partial charge in [0.15, 0.2) is 0 Å². The number of carbonyl (C=O) groups is 1. The number of likely N-dealkylation sites (N-methyl/N-ethyl adjacent to an activating group) is 1. The first-order valence-electron chi connectivity index (χ1n) is 7.25. The Hall–Kier alpha value is -0.610. The molecule has 0 spiro atoms. The number of ether oxygens (including phenoxy) is 1. The van der Waals surface area contributed by atoms with E-state index in [9.17, 15) is 4.79 Å². The van der Waals surface area contributed by atoms with Gasteiger partial charge in [0.1, 0.15) is 0 Å². The topological polar surface area (TPSA) is 41.6 Å². The molecule has 0 bridgehead atoms. The van der Waals surface area contributed by atoms with Crippen LogP contribution in [0.2, 0.25) is 0 Å². The highest BCUT2D eigenvalue weighted by molar-refractivity contribution is 5.83. The molecule has 104 valence electrons. The van der Waals surface area contributed by atoms with Crippen LogP contribution in [0.1, 0.15) is 46.0 Å². The van der Waals surface area contributed by atoms with Crippen LogP contribution >= 0.6 is 0 Å². The third kappa shape index (κ3) is 2.69. The molecule has 2 aliphatic heterocycles. The number of carbonyl (C=O) groups excluding carboxylic acids is 1. The van der Waals surface area contributed by atoms with E-state index in [2.05, 4.69) is 19.2 Å². The highest BCUT2D eigenvalue weighted by Gasteiger charge is 2.37. The standard InChI is InChI=1S/C14H26N2O2/c1-4-14(5-2)10-11(7-9-18-14)15-12-6-8-16(3)13(12)17/h11-12,15H,4-10H2,1-3H3. The van der Waals surface area contributed by atoms with Crippen molar-refractivity contribution in [3.05, 3.63) is 0 Å². The number of nitrogens with one attached hydrogen (secondary N) is 1. The van der Waals surface area contributed by atoms with E-state index in [1.54, 1.807) is 0 Å². The first-order valence-corrected chi connectivity index (χ1v) is 7.25. The molecular weight excluding hydrogens is 228 g/mol. The fourth-order valence-electron chi connectivity index (χ4n) is 3.17. The van der Waals surface area contributed by atoms with E-state index >= 15 is 0 Å². The first kappa shape index (κ1) is 13.8. The molecule has 2 unspecified atom stereocenters. The van der Waals surface area contributed by atoms with Gasteiger partial charge in [-0.2, -0.15) is 0 Å². The van der Waals surface area contributed by atoms with Gasteiger partial charge < -0.3 is 15.0 Å². The van der Waals surface area contributed by atoms with Gasteiger partial charge in [0, 0.05) is 26.2 Å². The number of amides is 1. The van der Waals surface area contributed by atoms with Crippen molar-refractivity contribution in [1.29, 1.82) is 0 Å². The second kappa shape index (κ2) is 5.57. The minimum absolute atomic E-state index is 0.0312. The molecule has 0 aliphatic carbocycles. The summed E-state index contributed by atoms with van der Waals surface area (Å²) in [7, 11) is 1.89. The minimum Gasteiger partial charge on any atom is -0.375 e. The number of hydrogen-bond acceptors (Lipinski definition) is 3. The maximum absolute atomic E-state index is 11.9. The van der Waals surface area contributed by atoms with E-state index in [0.29, 0.717) is 6.04 Å². The third-order valence-corrected chi connectivity index (χ3v) is 4.65. The zero-order valence-electron chi connectivity index (χ0n) is 11.9. The predicted octanol–water partition coefficient (Wildman–Crippen LogP) is 1.54. The summed E-state index contributed by atoms with van der Waals surface area (Å²) in [6.45, 7) is 6.09. The van der Waals surface area contributed by atoms with Gasteiger partial charge in [0.2, 0.25) is 5.91 Å². The summed E-state index contributed by atoms with van der Waals surface area (Å²) >= 11 is 0. The molecule has 4 nitrogen and oxygen atoms in total. The monoisotopic (exact) mass is 254 g/mol. The maximum Gasteiger partial charge on any atom is 0.239 e. The summed E-state index contributed by atoms with van der Waals surface area (Å²) in [4.78, 5) is 13.7. The smallest absolute Gasteiger partial charge is 0.239 e. The van der Waals surface area contributed by atoms with Crippen molar-refractivity contribution in [1.82, 2.24) is 10.2 Å². The molecule has 2 heterocycles. The third-order valence-electron chi connectivity index (χ3n) is 4.65. The zero-order chi connectivity index (χ0) is 13.2. The van der Waals surface area contributed by atoms with Gasteiger partial charge in [0.25, 0.3) is 0 Å². The summed E-state index contributed by atoms with van der Waals surface area (Å²) in [5, 5.41) is 3.55. The van der Waals surface area contributed by atoms with Crippen LogP contribution in [-0.2, 0) is 9.53 Å². The fraction of sp³-hybridized carbons (Fsp3) is 0.929. The molecule has 2 saturated heterocycles. The van der Waals surface area contributed by atoms with Crippen LogP contribution in [-0.4, -0.2) is 48.7 Å². The number of hydrogen-bond donors (Lipinski definition) is 1. The van der Waals surface area contributed by atoms with Crippen molar-refractivity contribution in [3.8, 4) is 0 Å². The zero-order valence-corrected chi connectivity index (χ0v) is 11.9. The normalized spacial score (nSPS) is 31.9. The summed E-state index contributed by atoms with van der Waals surface area (Å²) in [6, 6.07) is 0.462. The van der Waals surface area contributed by atoms with Crippen LogP contribution in [0.5, 0.6) is 0 Å². The van der Waals surface area contributed by atoms with Gasteiger partial charge in [-0.15, -0.1) is 0 Å². The van der Waals surface area contributed by atoms with E-state index in [0.717, 1.165) is 45.3 Å². The van der Waals surface area contributed by atoms with Crippen LogP contribution in [0.25, 0.3) is 0 Å². The number of likely N-dealkylation sites (tertiary alicyclic amines) is 1. The second-order valence-electron chi connectivity index (χ2n) is 5.70. The Morgan fingerprint density at radius 1 is 1.39 bits per heavy atom. The van der Waals surface area contributed by atoms with Gasteiger partial charge in [-0.05, 0) is 32.1 Å². The maximum atomic E-state index is 11.9. The average molecular weight is 254 g/mol. The van der Waals surface area contributed by atoms with Gasteiger partial charge in [-0.3, -0.25) is 4.79 Å². The Bertz CT molecular complexity index is 302. The molecule has 0 radical (unpaired) electrons. The molecule has 0 aromatic carbocycles. The Kier molecular flexibility index (Phi) is 4.28. The lowest BCUT2D eigenvalue weighted by atomic mass is 9.85. The van der Waals surface area contributed by atoms with Crippen LogP contribution in [0.15, 0.2) is 0 Å². The summed E-state index contributed by atoms with van der Waals surface area (Å²) in [5.74, 6) is 0.250. The lowest BCUT2D eigenvalue weighted by Crippen LogP contribution is -2.51. The molecule has 18 heavy (non-hydrogen) atoms. The first-order chi connectivity index (χ1) is 8.60. The summed E-state index contributed by atoms with van der Waals surface area (Å²) in [5.41, 5.74) is 0.0312. The summed E-state index contributed by atoms with van der Waals surface area (Å²) in [6.07, 6.45) is 5.11. The molecule has 2 fully saturated rings. The highest BCUT2D eigenvalue weighted by Crippen LogP contribution is 2.31. The van der Waals surface area contributed by atoms with E-state index in [-0.39, 0.29) is 17.6 Å². The van der Waals surface area contributed by atoms with Gasteiger partial charge >= 0.3 is 0 Å². The molecule has 0 saturated carbocycles. The Balaban J connectivity index is 1.92. The second-order valence-corrected chi connectivity index (χ2v) is 5.70. The molecule has 1 N–H and O–H groups in total. The molecule has 1 amide bonds. The molecule has 2 atom stereocenters. The molecule has 0 aromatic rings. The Labute approximate surface area is 110 Å². The van der Waals surface area contributed by atoms with Crippen molar-refractivity contribution in [2.75, 3.05) is 20.2 Å². The van der Waals surface area contributed by atoms with Crippen LogP contribution in [0, 0.1) is 0 Å². The van der Waals surface area contributed by atoms with Crippen molar-refractivity contribution in [3.63, 3.8) is 0 Å². The minimum atomic E-state index is 0.0312. The van der Waals surface area contributed by atoms with Crippen LogP contribution in [0.3, 0.4) is 0 Å². The largest absolute Gasteiger partial charge is 0.375 e. The highest BCUT2D eigenvalue weighted by atomic mass is 16.5. The molecule has 2 rings (SSSR count). The Morgan fingerprint density at radius 3 is 2.67 bits per heavy atom.